The van der Waals surface area contributed by atoms with E-state index in [1.807, 2.05) is 72.8 Å². The van der Waals surface area contributed by atoms with Crippen LogP contribution in [0.4, 0.5) is 4.39 Å². The van der Waals surface area contributed by atoms with Crippen LogP contribution in [0.25, 0.3) is 0 Å². The Hall–Kier alpha value is -3.53. The molecule has 2 atom stereocenters. The first kappa shape index (κ1) is 30.9. The molecule has 9 heteroatoms. The van der Waals surface area contributed by atoms with Crippen LogP contribution in [0.5, 0.6) is 5.75 Å². The highest BCUT2D eigenvalue weighted by molar-refractivity contribution is 9.10. The Balaban J connectivity index is 1.51. The van der Waals surface area contributed by atoms with Gasteiger partial charge in [-0.2, -0.15) is 0 Å². The van der Waals surface area contributed by atoms with Gasteiger partial charge in [0.2, 0.25) is 5.90 Å². The summed E-state index contributed by atoms with van der Waals surface area (Å²) >= 11 is 7.17. The summed E-state index contributed by atoms with van der Waals surface area (Å²) in [6.07, 6.45) is 0.646. The van der Waals surface area contributed by atoms with Gasteiger partial charge in [-0.05, 0) is 77.7 Å². The second kappa shape index (κ2) is 14.3. The van der Waals surface area contributed by atoms with Gasteiger partial charge >= 0.3 is 0 Å². The van der Waals surface area contributed by atoms with Gasteiger partial charge in [0.1, 0.15) is 11.6 Å². The first-order chi connectivity index (χ1) is 20.9. The summed E-state index contributed by atoms with van der Waals surface area (Å²) in [4.78, 5) is 19.4. The lowest BCUT2D eigenvalue weighted by Crippen LogP contribution is -2.50. The van der Waals surface area contributed by atoms with E-state index in [9.17, 15) is 9.18 Å². The topological polar surface area (TPSA) is 80.2 Å². The lowest BCUT2D eigenvalue weighted by atomic mass is 9.82. The Bertz CT molecular complexity index is 1560. The highest BCUT2D eigenvalue weighted by atomic mass is 79.9. The van der Waals surface area contributed by atoms with Crippen molar-refractivity contribution in [2.75, 3.05) is 19.8 Å². The lowest BCUT2D eigenvalue weighted by Gasteiger charge is -2.31. The summed E-state index contributed by atoms with van der Waals surface area (Å²) in [5, 5.41) is 12.1. The fourth-order valence-corrected chi connectivity index (χ4v) is 5.67. The van der Waals surface area contributed by atoms with E-state index in [-0.39, 0.29) is 24.8 Å². The van der Waals surface area contributed by atoms with Gasteiger partial charge in [0.05, 0.1) is 6.61 Å². The Kier molecular flexibility index (Phi) is 10.3. The summed E-state index contributed by atoms with van der Waals surface area (Å²) in [5.41, 5.74) is 2.03. The second-order valence-electron chi connectivity index (χ2n) is 10.2. The van der Waals surface area contributed by atoms with E-state index in [0.29, 0.717) is 43.2 Å². The summed E-state index contributed by atoms with van der Waals surface area (Å²) in [5.74, 6) is 0.457. The van der Waals surface area contributed by atoms with Crippen LogP contribution < -0.4 is 10.1 Å². The molecule has 222 valence electrons. The Morgan fingerprint density at radius 1 is 0.977 bits per heavy atom. The minimum absolute atomic E-state index is 0.0613. The molecule has 2 N–H and O–H groups in total. The molecule has 1 aliphatic rings. The third-order valence-electron chi connectivity index (χ3n) is 7.23. The van der Waals surface area contributed by atoms with Crippen molar-refractivity contribution in [2.45, 2.75) is 30.9 Å². The molecule has 0 saturated heterocycles. The van der Waals surface area contributed by atoms with Gasteiger partial charge in [-0.3, -0.25) is 4.79 Å². The largest absolute Gasteiger partial charge is 0.494 e. The number of nitrogens with one attached hydrogen (secondary N) is 1. The zero-order chi connectivity index (χ0) is 30.2. The fourth-order valence-electron chi connectivity index (χ4n) is 4.98. The van der Waals surface area contributed by atoms with Crippen LogP contribution in [0.1, 0.15) is 34.8 Å². The predicted octanol–water partition coefficient (Wildman–Crippen LogP) is 6.97. The number of nitrogens with zero attached hydrogens (tertiary/aromatic N) is 1. The van der Waals surface area contributed by atoms with Crippen molar-refractivity contribution < 1.29 is 23.8 Å². The number of carbonyl (C=O) groups is 1. The molecule has 0 aliphatic carbocycles. The lowest BCUT2D eigenvalue weighted by molar-refractivity contribution is -0.128. The number of halogens is 3. The first-order valence-corrected chi connectivity index (χ1v) is 15.6. The van der Waals surface area contributed by atoms with Crippen LogP contribution in [0.3, 0.4) is 0 Å². The molecule has 43 heavy (non-hydrogen) atoms. The van der Waals surface area contributed by atoms with E-state index in [4.69, 9.17) is 19.6 Å². The van der Waals surface area contributed by atoms with Crippen LogP contribution in [0.15, 0.2) is 111 Å². The number of rotatable bonds is 12. The monoisotopic (exact) mass is 708 g/mol. The number of hydrogen-bond acceptors (Lipinski definition) is 5. The van der Waals surface area contributed by atoms with Crippen molar-refractivity contribution >= 4 is 43.7 Å². The first-order valence-electron chi connectivity index (χ1n) is 14.0. The summed E-state index contributed by atoms with van der Waals surface area (Å²) in [6, 6.07) is 29.1. The molecule has 5 rings (SSSR count). The summed E-state index contributed by atoms with van der Waals surface area (Å²) < 4.78 is 27.5. The number of amides is 1. The van der Waals surface area contributed by atoms with E-state index >= 15 is 0 Å². The molecule has 0 spiro atoms. The normalized spacial score (nSPS) is 17.7. The quantitative estimate of drug-likeness (QED) is 0.156. The number of carbonyl (C=O) groups excluding carboxylic acids is 1. The van der Waals surface area contributed by atoms with E-state index < -0.39 is 11.6 Å². The van der Waals surface area contributed by atoms with E-state index in [1.165, 1.54) is 12.1 Å². The Labute approximate surface area is 267 Å². The van der Waals surface area contributed by atoms with Crippen LogP contribution in [-0.4, -0.2) is 42.2 Å². The molecule has 0 fully saturated rings. The number of aliphatic hydroxyl groups excluding tert-OH is 1. The number of hydrogen-bond donors (Lipinski definition) is 2. The standard InChI is InChI=1S/C34H31Br2FN2O4/c35-27-12-8-24(9-13-27)31-34(22-26-4-1-2-5-30(26)36,33(41)38-19-18-23-6-14-28(37)15-7-23)39-32(43-31)25-10-16-29(17-11-25)42-21-3-20-40/h1-2,4-17,31,40H,3,18-22H2,(H,38,41)/t31-,34-/m1/s1. The maximum Gasteiger partial charge on any atom is 0.252 e. The molecule has 0 radical (unpaired) electrons. The highest BCUT2D eigenvalue weighted by Gasteiger charge is 2.53. The van der Waals surface area contributed by atoms with Crippen molar-refractivity contribution in [3.63, 3.8) is 0 Å². The van der Waals surface area contributed by atoms with Gasteiger partial charge in [-0.1, -0.05) is 74.3 Å². The van der Waals surface area contributed by atoms with E-state index in [1.54, 1.807) is 12.1 Å². The molecule has 1 aliphatic heterocycles. The maximum atomic E-state index is 14.3. The second-order valence-corrected chi connectivity index (χ2v) is 12.0. The molecule has 1 amide bonds. The van der Waals surface area contributed by atoms with Crippen LogP contribution in [0.2, 0.25) is 0 Å². The Morgan fingerprint density at radius 3 is 2.40 bits per heavy atom. The average Bonchev–Trinajstić information content (AvgIpc) is 3.40. The molecule has 0 bridgehead atoms. The average molecular weight is 710 g/mol. The molecule has 0 aromatic heterocycles. The Morgan fingerprint density at radius 2 is 1.70 bits per heavy atom. The third-order valence-corrected chi connectivity index (χ3v) is 8.54. The molecule has 4 aromatic carbocycles. The van der Waals surface area contributed by atoms with E-state index in [2.05, 4.69) is 37.2 Å². The predicted molar refractivity (Wildman–Crippen MR) is 172 cm³/mol. The van der Waals surface area contributed by atoms with Crippen molar-refractivity contribution in [1.82, 2.24) is 5.32 Å². The molecular formula is C34H31Br2FN2O4. The minimum atomic E-state index is -1.33. The van der Waals surface area contributed by atoms with E-state index in [0.717, 1.165) is 25.6 Å². The number of ether oxygens (including phenoxy) is 2. The zero-order valence-corrected chi connectivity index (χ0v) is 26.5. The summed E-state index contributed by atoms with van der Waals surface area (Å²) in [7, 11) is 0. The van der Waals surface area contributed by atoms with Crippen molar-refractivity contribution in [3.8, 4) is 5.75 Å². The van der Waals surface area contributed by atoms with Crippen LogP contribution in [0, 0.1) is 5.82 Å². The van der Waals surface area contributed by atoms with Gasteiger partial charge in [-0.25, -0.2) is 9.38 Å². The highest BCUT2D eigenvalue weighted by Crippen LogP contribution is 2.43. The van der Waals surface area contributed by atoms with Crippen LogP contribution >= 0.6 is 31.9 Å². The molecule has 4 aromatic rings. The maximum absolute atomic E-state index is 14.3. The van der Waals surface area contributed by atoms with Gasteiger partial charge < -0.3 is 19.9 Å². The summed E-state index contributed by atoms with van der Waals surface area (Å²) in [6.45, 7) is 0.817. The molecule has 6 nitrogen and oxygen atoms in total. The zero-order valence-electron chi connectivity index (χ0n) is 23.3. The smallest absolute Gasteiger partial charge is 0.252 e. The van der Waals surface area contributed by atoms with Gasteiger partial charge in [0.25, 0.3) is 5.91 Å². The molecule has 1 heterocycles. The SMILES string of the molecule is O=C(NCCc1ccc(F)cc1)[C@]1(Cc2ccccc2Br)N=C(c2ccc(OCCCO)cc2)O[C@@H]1c1ccc(Br)cc1. The molecule has 0 saturated carbocycles. The molecule has 0 unspecified atom stereocenters. The number of benzene rings is 4. The fraction of sp³-hybridized carbons (Fsp3) is 0.235. The number of aliphatic hydroxyl groups is 1. The van der Waals surface area contributed by atoms with Crippen molar-refractivity contribution in [3.05, 3.63) is 134 Å². The van der Waals surface area contributed by atoms with Crippen molar-refractivity contribution in [2.24, 2.45) is 4.99 Å². The van der Waals surface area contributed by atoms with Crippen molar-refractivity contribution in [1.29, 1.82) is 0 Å². The van der Waals surface area contributed by atoms with Gasteiger partial charge in [-0.15, -0.1) is 0 Å². The van der Waals surface area contributed by atoms with Gasteiger partial charge in [0.15, 0.2) is 11.6 Å². The number of aliphatic imine (C=N–C) groups is 1. The third kappa shape index (κ3) is 7.52. The minimum Gasteiger partial charge on any atom is -0.494 e. The van der Waals surface area contributed by atoms with Gasteiger partial charge in [0, 0.05) is 40.5 Å². The van der Waals surface area contributed by atoms with Crippen LogP contribution in [-0.2, 0) is 22.4 Å². The molecular weight excluding hydrogens is 679 g/mol.